The van der Waals surface area contributed by atoms with Gasteiger partial charge in [0.05, 0.1) is 6.61 Å². The smallest absolute Gasteiger partial charge is 0.319 e. The van der Waals surface area contributed by atoms with Crippen molar-refractivity contribution in [1.82, 2.24) is 20.7 Å². The second-order valence-electron chi connectivity index (χ2n) is 7.36. The molecular weight excluding hydrogens is 400 g/mol. The summed E-state index contributed by atoms with van der Waals surface area (Å²) in [7, 11) is 0. The van der Waals surface area contributed by atoms with Gasteiger partial charge in [0.1, 0.15) is 11.5 Å². The zero-order valence-electron chi connectivity index (χ0n) is 18.8. The molecule has 1 saturated heterocycles. The Hall–Kier alpha value is -2.97. The van der Waals surface area contributed by atoms with Crippen LogP contribution in [-0.4, -0.2) is 66.5 Å². The highest BCUT2D eigenvalue weighted by atomic mass is 16.5. The number of hydrazine groups is 1. The Kier molecular flexibility index (Phi) is 9.42. The number of ether oxygens (including phenoxy) is 2. The van der Waals surface area contributed by atoms with Crippen molar-refractivity contribution in [2.24, 2.45) is 5.92 Å². The maximum Gasteiger partial charge on any atom is 0.319 e. The van der Waals surface area contributed by atoms with Crippen LogP contribution >= 0.6 is 0 Å². The third-order valence-corrected chi connectivity index (χ3v) is 5.30. The van der Waals surface area contributed by atoms with Crippen LogP contribution in [0.25, 0.3) is 0 Å². The molecule has 0 aromatic heterocycles. The van der Waals surface area contributed by atoms with Gasteiger partial charge < -0.3 is 19.3 Å². The topological polar surface area (TPSA) is 100 Å². The lowest BCUT2D eigenvalue weighted by atomic mass is 9.96. The Morgan fingerprint density at radius 2 is 1.61 bits per heavy atom. The van der Waals surface area contributed by atoms with Crippen molar-refractivity contribution >= 4 is 17.8 Å². The molecule has 9 nitrogen and oxygen atoms in total. The van der Waals surface area contributed by atoms with E-state index >= 15 is 0 Å². The number of carbonyl (C=O) groups is 3. The molecule has 1 aromatic rings. The highest BCUT2D eigenvalue weighted by Crippen LogP contribution is 2.19. The minimum Gasteiger partial charge on any atom is -0.494 e. The fourth-order valence-corrected chi connectivity index (χ4v) is 3.39. The lowest BCUT2D eigenvalue weighted by Crippen LogP contribution is -2.52. The number of carbonyl (C=O) groups excluding carboxylic acids is 3. The van der Waals surface area contributed by atoms with Crippen LogP contribution in [0.5, 0.6) is 11.5 Å². The number of piperidine rings is 1. The van der Waals surface area contributed by atoms with E-state index in [9.17, 15) is 14.4 Å². The summed E-state index contributed by atoms with van der Waals surface area (Å²) in [4.78, 5) is 40.6. The molecule has 1 heterocycles. The minimum absolute atomic E-state index is 0.0115. The van der Waals surface area contributed by atoms with Gasteiger partial charge in [0.15, 0.2) is 6.10 Å². The number of benzene rings is 1. The maximum atomic E-state index is 12.4. The molecule has 1 aliphatic rings. The van der Waals surface area contributed by atoms with Crippen LogP contribution < -0.4 is 20.3 Å². The first-order valence-electron chi connectivity index (χ1n) is 10.9. The first-order chi connectivity index (χ1) is 14.9. The fraction of sp³-hybridized carbons (Fsp3) is 0.591. The first-order valence-corrected chi connectivity index (χ1v) is 10.9. The van der Waals surface area contributed by atoms with Crippen molar-refractivity contribution in [1.29, 1.82) is 0 Å². The number of nitrogens with one attached hydrogen (secondary N) is 2. The van der Waals surface area contributed by atoms with E-state index in [-0.39, 0.29) is 17.9 Å². The summed E-state index contributed by atoms with van der Waals surface area (Å²) >= 11 is 0. The summed E-state index contributed by atoms with van der Waals surface area (Å²) in [5.74, 6) is 0.308. The maximum absolute atomic E-state index is 12.4. The number of urea groups is 1. The number of amides is 4. The van der Waals surface area contributed by atoms with Gasteiger partial charge in [-0.2, -0.15) is 0 Å². The number of hydrogen-bond donors (Lipinski definition) is 2. The largest absolute Gasteiger partial charge is 0.494 e. The Labute approximate surface area is 184 Å². The van der Waals surface area contributed by atoms with E-state index in [4.69, 9.17) is 9.47 Å². The van der Waals surface area contributed by atoms with Crippen LogP contribution in [0.2, 0.25) is 0 Å². The molecule has 1 fully saturated rings. The summed E-state index contributed by atoms with van der Waals surface area (Å²) in [5.41, 5.74) is 4.91. The molecule has 4 amide bonds. The van der Waals surface area contributed by atoms with Crippen LogP contribution in [0, 0.1) is 5.92 Å². The van der Waals surface area contributed by atoms with E-state index in [1.807, 2.05) is 20.8 Å². The highest BCUT2D eigenvalue weighted by molar-refractivity contribution is 5.85. The van der Waals surface area contributed by atoms with Crippen molar-refractivity contribution in [2.75, 3.05) is 32.8 Å². The molecule has 0 radical (unpaired) electrons. The van der Waals surface area contributed by atoms with E-state index in [1.165, 1.54) is 0 Å². The summed E-state index contributed by atoms with van der Waals surface area (Å²) in [5, 5.41) is 0. The minimum atomic E-state index is -0.785. The highest BCUT2D eigenvalue weighted by Gasteiger charge is 2.29. The Morgan fingerprint density at radius 3 is 2.16 bits per heavy atom. The predicted octanol–water partition coefficient (Wildman–Crippen LogP) is 2.17. The Morgan fingerprint density at radius 1 is 1.03 bits per heavy atom. The van der Waals surface area contributed by atoms with Gasteiger partial charge in [-0.1, -0.05) is 0 Å². The van der Waals surface area contributed by atoms with Gasteiger partial charge in [-0.3, -0.25) is 20.4 Å². The normalized spacial score (nSPS) is 15.0. The third-order valence-electron chi connectivity index (χ3n) is 5.30. The standard InChI is InChI=1S/C22H34N4O5/c1-5-25(6-2)22(29)26-14-12-17(13-15-26)21(28)24-23-20(27)16(4)31-19-10-8-18(9-11-19)30-7-3/h8-11,16-17H,5-7,12-15H2,1-4H3,(H,23,27)(H,24,28). The number of rotatable bonds is 8. The molecule has 0 aliphatic carbocycles. The lowest BCUT2D eigenvalue weighted by molar-refractivity contribution is -0.134. The van der Waals surface area contributed by atoms with E-state index < -0.39 is 12.0 Å². The molecule has 31 heavy (non-hydrogen) atoms. The monoisotopic (exact) mass is 434 g/mol. The zero-order valence-corrected chi connectivity index (χ0v) is 18.8. The van der Waals surface area contributed by atoms with E-state index in [0.717, 1.165) is 5.75 Å². The second kappa shape index (κ2) is 12.0. The molecule has 1 unspecified atom stereocenters. The molecule has 0 saturated carbocycles. The van der Waals surface area contributed by atoms with E-state index in [2.05, 4.69) is 10.9 Å². The SMILES string of the molecule is CCOc1ccc(OC(C)C(=O)NNC(=O)C2CCN(C(=O)N(CC)CC)CC2)cc1. The van der Waals surface area contributed by atoms with Crippen molar-refractivity contribution < 1.29 is 23.9 Å². The molecule has 2 N–H and O–H groups in total. The van der Waals surface area contributed by atoms with Gasteiger partial charge in [0.25, 0.3) is 5.91 Å². The van der Waals surface area contributed by atoms with Crippen LogP contribution in [0.15, 0.2) is 24.3 Å². The first kappa shape index (κ1) is 24.3. The molecule has 0 bridgehead atoms. The quantitative estimate of drug-likeness (QED) is 0.611. The summed E-state index contributed by atoms with van der Waals surface area (Å²) < 4.78 is 11.0. The van der Waals surface area contributed by atoms with Gasteiger partial charge in [0.2, 0.25) is 5.91 Å². The predicted molar refractivity (Wildman–Crippen MR) is 117 cm³/mol. The van der Waals surface area contributed by atoms with Crippen molar-refractivity contribution in [2.45, 2.75) is 46.6 Å². The molecule has 2 rings (SSSR count). The molecule has 0 spiro atoms. The average Bonchev–Trinajstić information content (AvgIpc) is 2.79. The van der Waals surface area contributed by atoms with Gasteiger partial charge in [-0.05, 0) is 64.8 Å². The van der Waals surface area contributed by atoms with Crippen molar-refractivity contribution in [3.8, 4) is 11.5 Å². The molecule has 172 valence electrons. The van der Waals surface area contributed by atoms with E-state index in [0.29, 0.717) is 51.4 Å². The second-order valence-corrected chi connectivity index (χ2v) is 7.36. The van der Waals surface area contributed by atoms with Crippen molar-refractivity contribution in [3.05, 3.63) is 24.3 Å². The molecule has 1 aromatic carbocycles. The molecule has 1 atom stereocenters. The van der Waals surface area contributed by atoms with E-state index in [1.54, 1.807) is 41.0 Å². The average molecular weight is 435 g/mol. The third kappa shape index (κ3) is 7.04. The van der Waals surface area contributed by atoms with Gasteiger partial charge >= 0.3 is 6.03 Å². The summed E-state index contributed by atoms with van der Waals surface area (Å²) in [6.07, 6.45) is 0.340. The van der Waals surface area contributed by atoms with Crippen LogP contribution in [0.4, 0.5) is 4.79 Å². The zero-order chi connectivity index (χ0) is 22.8. The van der Waals surface area contributed by atoms with Crippen LogP contribution in [-0.2, 0) is 9.59 Å². The number of nitrogens with zero attached hydrogens (tertiary/aromatic N) is 2. The van der Waals surface area contributed by atoms with Gasteiger partial charge in [-0.15, -0.1) is 0 Å². The van der Waals surface area contributed by atoms with Crippen molar-refractivity contribution in [3.63, 3.8) is 0 Å². The van der Waals surface area contributed by atoms with Crippen LogP contribution in [0.3, 0.4) is 0 Å². The lowest BCUT2D eigenvalue weighted by Gasteiger charge is -2.34. The number of likely N-dealkylation sites (tertiary alicyclic amines) is 1. The molecule has 9 heteroatoms. The molecular formula is C22H34N4O5. The molecule has 1 aliphatic heterocycles. The van der Waals surface area contributed by atoms with Gasteiger partial charge in [-0.25, -0.2) is 4.79 Å². The van der Waals surface area contributed by atoms with Crippen LogP contribution in [0.1, 0.15) is 40.5 Å². The summed E-state index contributed by atoms with van der Waals surface area (Å²) in [6.45, 7) is 10.4. The Balaban J connectivity index is 1.74. The summed E-state index contributed by atoms with van der Waals surface area (Å²) in [6, 6.07) is 6.99. The Bertz CT molecular complexity index is 728. The van der Waals surface area contributed by atoms with Gasteiger partial charge in [0, 0.05) is 32.1 Å². The number of hydrogen-bond acceptors (Lipinski definition) is 5. The fourth-order valence-electron chi connectivity index (χ4n) is 3.39.